The van der Waals surface area contributed by atoms with Crippen molar-refractivity contribution in [1.29, 1.82) is 0 Å². The van der Waals surface area contributed by atoms with E-state index in [1.165, 1.54) is 13.8 Å². The molecule has 0 spiro atoms. The molecule has 0 aromatic heterocycles. The highest BCUT2D eigenvalue weighted by Gasteiger charge is 2.48. The zero-order chi connectivity index (χ0) is 21.8. The molecular weight excluding hydrogens is 419 g/mol. The Morgan fingerprint density at radius 2 is 1.57 bits per heavy atom. The molecule has 1 aromatic rings. The van der Waals surface area contributed by atoms with Crippen LogP contribution < -0.4 is 0 Å². The highest BCUT2D eigenvalue weighted by Crippen LogP contribution is 2.59. The predicted octanol–water partition coefficient (Wildman–Crippen LogP) is 5.53. The number of hydrogen-bond donors (Lipinski definition) is 0. The van der Waals surface area contributed by atoms with Crippen molar-refractivity contribution in [2.45, 2.75) is 20.0 Å². The fourth-order valence-corrected chi connectivity index (χ4v) is 7.87. The van der Waals surface area contributed by atoms with Crippen molar-refractivity contribution in [3.8, 4) is 0 Å². The van der Waals surface area contributed by atoms with Gasteiger partial charge in [0.15, 0.2) is 5.71 Å². The van der Waals surface area contributed by atoms with Gasteiger partial charge in [0.25, 0.3) is 5.69 Å². The summed E-state index contributed by atoms with van der Waals surface area (Å²) in [6.45, 7) is 4.90. The maximum absolute atomic E-state index is 13.9. The molecule has 0 N–H and O–H groups in total. The minimum absolute atomic E-state index is 0.108. The van der Waals surface area contributed by atoms with Crippen LogP contribution in [-0.4, -0.2) is 55.1 Å². The maximum atomic E-state index is 13.9. The molecular formula is C16H23F3N2O5P2. The molecule has 7 nitrogen and oxygen atoms in total. The molecule has 0 radical (unpaired) electrons. The Hall–Kier alpha value is -1.47. The Morgan fingerprint density at radius 1 is 1.11 bits per heavy atom. The normalized spacial score (nSPS) is 13.5. The quantitative estimate of drug-likeness (QED) is 0.228. The van der Waals surface area contributed by atoms with Crippen molar-refractivity contribution in [1.82, 2.24) is 0 Å². The molecule has 0 heterocycles. The van der Waals surface area contributed by atoms with Gasteiger partial charge in [0.1, 0.15) is 0 Å². The van der Waals surface area contributed by atoms with Crippen LogP contribution in [0.25, 0.3) is 0 Å². The highest BCUT2D eigenvalue weighted by molar-refractivity contribution is 7.96. The highest BCUT2D eigenvalue weighted by atomic mass is 31.2. The third kappa shape index (κ3) is 6.27. The van der Waals surface area contributed by atoms with Crippen molar-refractivity contribution in [2.24, 2.45) is 4.99 Å². The summed E-state index contributed by atoms with van der Waals surface area (Å²) in [4.78, 5) is 13.7. The largest absolute Gasteiger partial charge is 0.434 e. The number of benzene rings is 1. The molecule has 0 aliphatic rings. The van der Waals surface area contributed by atoms with E-state index < -0.39 is 36.3 Å². The van der Waals surface area contributed by atoms with E-state index in [1.807, 2.05) is 0 Å². The van der Waals surface area contributed by atoms with E-state index >= 15 is 0 Å². The van der Waals surface area contributed by atoms with Crippen molar-refractivity contribution in [3.05, 3.63) is 34.4 Å². The lowest BCUT2D eigenvalue weighted by Gasteiger charge is -2.27. The van der Waals surface area contributed by atoms with Crippen LogP contribution in [-0.2, 0) is 13.6 Å². The molecule has 0 saturated carbocycles. The first-order valence-electron chi connectivity index (χ1n) is 8.25. The maximum Gasteiger partial charge on any atom is 0.434 e. The summed E-state index contributed by atoms with van der Waals surface area (Å²) in [7, 11) is -4.26. The molecule has 0 aliphatic heterocycles. The Morgan fingerprint density at radius 3 is 1.89 bits per heavy atom. The number of non-ortho nitro benzene ring substituents is 1. The standard InChI is InChI=1S/C16H23F3N2O5P2/c1-6-25-28(24,26-7-2)15(27(3,4)5)14(16(17,18)19)20-12-8-10-13(11-9-12)21(22)23/h8-11H,6-7H2,1-5H3. The van der Waals surface area contributed by atoms with E-state index in [1.54, 1.807) is 20.0 Å². The van der Waals surface area contributed by atoms with Gasteiger partial charge in [0.05, 0.1) is 28.9 Å². The number of hydrogen-bond acceptors (Lipinski definition) is 6. The molecule has 158 valence electrons. The van der Waals surface area contributed by atoms with E-state index in [4.69, 9.17) is 9.05 Å². The predicted molar refractivity (Wildman–Crippen MR) is 107 cm³/mol. The summed E-state index contributed by atoms with van der Waals surface area (Å²) in [5.41, 5.74) is -1.80. The molecule has 0 fully saturated rings. The Labute approximate surface area is 161 Å². The first-order chi connectivity index (χ1) is 12.8. The lowest BCUT2D eigenvalue weighted by molar-refractivity contribution is -0.384. The number of alkyl halides is 3. The molecule has 12 heteroatoms. The third-order valence-corrected chi connectivity index (χ3v) is 9.22. The summed E-state index contributed by atoms with van der Waals surface area (Å²) in [5, 5.41) is 10.2. The lowest BCUT2D eigenvalue weighted by Crippen LogP contribution is -2.33. The van der Waals surface area contributed by atoms with Crippen molar-refractivity contribution in [3.63, 3.8) is 0 Å². The topological polar surface area (TPSA) is 91.0 Å². The summed E-state index contributed by atoms with van der Waals surface area (Å²) in [6.07, 6.45) is -4.94. The van der Waals surface area contributed by atoms with Gasteiger partial charge in [-0.25, -0.2) is 4.99 Å². The zero-order valence-corrected chi connectivity index (χ0v) is 18.0. The smallest absolute Gasteiger partial charge is 0.305 e. The molecule has 1 aromatic carbocycles. The summed E-state index contributed by atoms with van der Waals surface area (Å²) >= 11 is 0. The van der Waals surface area contributed by atoms with Crippen molar-refractivity contribution in [2.75, 3.05) is 33.2 Å². The van der Waals surface area contributed by atoms with Gasteiger partial charge in [-0.2, -0.15) is 13.2 Å². The van der Waals surface area contributed by atoms with Crippen LogP contribution in [0.3, 0.4) is 0 Å². The van der Waals surface area contributed by atoms with Crippen LogP contribution in [0.15, 0.2) is 29.3 Å². The van der Waals surface area contributed by atoms with E-state index in [0.717, 1.165) is 24.3 Å². The summed E-state index contributed by atoms with van der Waals surface area (Å²) < 4.78 is 65.4. The second-order valence-electron chi connectivity index (χ2n) is 6.40. The van der Waals surface area contributed by atoms with Crippen LogP contribution in [0.1, 0.15) is 13.8 Å². The van der Waals surface area contributed by atoms with Gasteiger partial charge in [0.2, 0.25) is 0 Å². The Bertz CT molecular complexity index is 827. The first-order valence-corrected chi connectivity index (χ1v) is 12.9. The molecule has 0 atom stereocenters. The van der Waals surface area contributed by atoms with Gasteiger partial charge in [-0.05, 0) is 46.0 Å². The third-order valence-electron chi connectivity index (χ3n) is 3.27. The summed E-state index contributed by atoms with van der Waals surface area (Å²) in [5.74, 6) is 0. The van der Waals surface area contributed by atoms with E-state index in [0.29, 0.717) is 0 Å². The number of aliphatic imine (C=N–C) groups is 1. The van der Waals surface area contributed by atoms with Gasteiger partial charge >= 0.3 is 13.8 Å². The van der Waals surface area contributed by atoms with Gasteiger partial charge in [-0.15, -0.1) is 0 Å². The molecule has 0 amide bonds. The van der Waals surface area contributed by atoms with Crippen LogP contribution >= 0.6 is 14.5 Å². The fraction of sp³-hybridized carbons (Fsp3) is 0.500. The monoisotopic (exact) mass is 442 g/mol. The van der Waals surface area contributed by atoms with Gasteiger partial charge in [-0.3, -0.25) is 14.7 Å². The van der Waals surface area contributed by atoms with Gasteiger partial charge in [-0.1, -0.05) is 6.89 Å². The van der Waals surface area contributed by atoms with Crippen LogP contribution in [0, 0.1) is 10.1 Å². The molecule has 0 bridgehead atoms. The minimum Gasteiger partial charge on any atom is -0.305 e. The van der Waals surface area contributed by atoms with Crippen LogP contribution in [0.4, 0.5) is 24.5 Å². The Balaban J connectivity index is 3.76. The van der Waals surface area contributed by atoms with Crippen LogP contribution in [0.5, 0.6) is 0 Å². The average Bonchev–Trinajstić information content (AvgIpc) is 2.53. The fourth-order valence-electron chi connectivity index (χ4n) is 2.33. The number of rotatable bonds is 8. The summed E-state index contributed by atoms with van der Waals surface area (Å²) in [6, 6.07) is 4.27. The second-order valence-corrected chi connectivity index (χ2v) is 13.2. The second kappa shape index (κ2) is 9.35. The van der Waals surface area contributed by atoms with E-state index in [2.05, 4.69) is 4.99 Å². The van der Waals surface area contributed by atoms with E-state index in [-0.39, 0.29) is 24.6 Å². The zero-order valence-electron chi connectivity index (χ0n) is 16.2. The average molecular weight is 442 g/mol. The van der Waals surface area contributed by atoms with Gasteiger partial charge in [0, 0.05) is 12.1 Å². The number of halogens is 3. The number of nitro groups is 1. The van der Waals surface area contributed by atoms with Gasteiger partial charge < -0.3 is 9.05 Å². The van der Waals surface area contributed by atoms with Crippen LogP contribution in [0.2, 0.25) is 0 Å². The molecule has 0 unspecified atom stereocenters. The number of nitrogens with zero attached hydrogens (tertiary/aromatic N) is 2. The molecule has 1 rings (SSSR count). The molecule has 28 heavy (non-hydrogen) atoms. The minimum atomic E-state index is -4.94. The first kappa shape index (κ1) is 24.6. The lowest BCUT2D eigenvalue weighted by atomic mass is 10.3. The van der Waals surface area contributed by atoms with E-state index in [9.17, 15) is 27.9 Å². The van der Waals surface area contributed by atoms with Crippen molar-refractivity contribution < 1.29 is 31.7 Å². The number of nitro benzene ring substituents is 1. The molecule has 0 saturated heterocycles. The van der Waals surface area contributed by atoms with Crippen molar-refractivity contribution >= 4 is 36.6 Å². The molecule has 0 aliphatic carbocycles. The Kier molecular flexibility index (Phi) is 8.21. The SMILES string of the molecule is CCOP(=O)(OCC)C(C(=Nc1ccc([N+](=O)[O-])cc1)C(F)(F)F)=P(C)(C)C.